The van der Waals surface area contributed by atoms with Crippen LogP contribution in [0.3, 0.4) is 0 Å². The molecule has 1 aliphatic rings. The summed E-state index contributed by atoms with van der Waals surface area (Å²) in [5.74, 6) is 1.46. The molecule has 6 rings (SSSR count). The van der Waals surface area contributed by atoms with Crippen molar-refractivity contribution in [1.29, 1.82) is 0 Å². The summed E-state index contributed by atoms with van der Waals surface area (Å²) in [5.41, 5.74) is 3.72. The van der Waals surface area contributed by atoms with E-state index in [-0.39, 0.29) is 17.8 Å². The Hall–Kier alpha value is -4.18. The lowest BCUT2D eigenvalue weighted by atomic mass is 10.0. The van der Waals surface area contributed by atoms with Crippen molar-refractivity contribution in [1.82, 2.24) is 10.3 Å². The number of nitro groups is 1. The number of non-ortho nitro benzene ring substituents is 1. The number of furan rings is 1. The number of aromatic nitrogens is 1. The summed E-state index contributed by atoms with van der Waals surface area (Å²) in [4.78, 5) is 19.1. The molecule has 7 nitrogen and oxygen atoms in total. The number of rotatable bonds is 7. The van der Waals surface area contributed by atoms with Gasteiger partial charge in [0.25, 0.3) is 5.69 Å². The number of benzene rings is 3. The molecule has 2 atom stereocenters. The summed E-state index contributed by atoms with van der Waals surface area (Å²) in [6.45, 7) is 1.97. The molecule has 10 heteroatoms. The zero-order valence-electron chi connectivity index (χ0n) is 21.7. The molecule has 0 spiro atoms. The van der Waals surface area contributed by atoms with Crippen LogP contribution in [0.1, 0.15) is 29.1 Å². The van der Waals surface area contributed by atoms with E-state index >= 15 is 0 Å². The monoisotopic (exact) mass is 598 g/mol. The van der Waals surface area contributed by atoms with Crippen molar-refractivity contribution >= 4 is 52.1 Å². The molecule has 41 heavy (non-hydrogen) atoms. The van der Waals surface area contributed by atoms with Crippen molar-refractivity contribution in [3.05, 3.63) is 135 Å². The molecule has 1 aliphatic heterocycles. The molecule has 1 N–H and O–H groups in total. The highest BCUT2D eigenvalue weighted by atomic mass is 35.5. The smallest absolute Gasteiger partial charge is 0.269 e. The predicted octanol–water partition coefficient (Wildman–Crippen LogP) is 8.54. The summed E-state index contributed by atoms with van der Waals surface area (Å²) < 4.78 is 6.45. The van der Waals surface area contributed by atoms with Crippen LogP contribution >= 0.6 is 35.6 Å². The Morgan fingerprint density at radius 2 is 1.73 bits per heavy atom. The first-order valence-corrected chi connectivity index (χ1v) is 14.4. The molecule has 1 saturated heterocycles. The third kappa shape index (κ3) is 5.56. The van der Waals surface area contributed by atoms with Crippen LogP contribution in [0.5, 0.6) is 0 Å². The van der Waals surface area contributed by atoms with Gasteiger partial charge < -0.3 is 14.6 Å². The molecule has 0 unspecified atom stereocenters. The van der Waals surface area contributed by atoms with Crippen molar-refractivity contribution in [3.8, 4) is 11.3 Å². The fraction of sp³-hybridized carbons (Fsp3) is 0.0968. The number of pyridine rings is 1. The van der Waals surface area contributed by atoms with E-state index in [0.29, 0.717) is 15.9 Å². The number of aryl methyl sites for hydroxylation is 1. The molecule has 0 radical (unpaired) electrons. The number of nitrogens with one attached hydrogen (secondary N) is 1. The second-order valence-corrected chi connectivity index (χ2v) is 11.5. The number of hydrogen-bond acceptors (Lipinski definition) is 6. The zero-order valence-corrected chi connectivity index (χ0v) is 24.1. The molecule has 3 aromatic carbocycles. The van der Waals surface area contributed by atoms with Crippen molar-refractivity contribution in [2.75, 3.05) is 4.90 Å². The highest BCUT2D eigenvalue weighted by Crippen LogP contribution is 2.43. The van der Waals surface area contributed by atoms with E-state index in [1.807, 2.05) is 79.7 Å². The van der Waals surface area contributed by atoms with Gasteiger partial charge in [-0.05, 0) is 91.4 Å². The highest BCUT2D eigenvalue weighted by Gasteiger charge is 2.42. The number of thiocarbonyl (C=S) groups is 1. The number of hydrogen-bond donors (Lipinski definition) is 1. The van der Waals surface area contributed by atoms with Crippen molar-refractivity contribution in [2.45, 2.75) is 28.8 Å². The van der Waals surface area contributed by atoms with Gasteiger partial charge in [0.1, 0.15) is 17.6 Å². The number of nitrogens with zero attached hydrogens (tertiary/aromatic N) is 3. The first kappa shape index (κ1) is 27.0. The van der Waals surface area contributed by atoms with E-state index in [0.717, 1.165) is 38.1 Å². The SMILES string of the molecule is Cc1ccc(-c2ccc([C@@H]3[C@@H](c4ccccn4)NC(=S)N3c3ccc(Sc4ccc([N+](=O)[O-])cc4)cc3)o2)cc1Cl. The molecule has 0 amide bonds. The molecule has 0 saturated carbocycles. The van der Waals surface area contributed by atoms with Gasteiger partial charge in [-0.2, -0.15) is 0 Å². The van der Waals surface area contributed by atoms with Gasteiger partial charge in [0, 0.05) is 44.4 Å². The number of halogens is 1. The Labute approximate surface area is 251 Å². The van der Waals surface area contributed by atoms with Crippen LogP contribution < -0.4 is 10.2 Å². The van der Waals surface area contributed by atoms with Crippen LogP contribution in [-0.4, -0.2) is 15.0 Å². The summed E-state index contributed by atoms with van der Waals surface area (Å²) in [7, 11) is 0. The second-order valence-electron chi connectivity index (χ2n) is 9.51. The molecule has 0 bridgehead atoms. The van der Waals surface area contributed by atoms with E-state index < -0.39 is 4.92 Å². The van der Waals surface area contributed by atoms with Crippen LogP contribution in [0, 0.1) is 17.0 Å². The summed E-state index contributed by atoms with van der Waals surface area (Å²) in [5, 5.41) is 15.7. The second kappa shape index (κ2) is 11.4. The fourth-order valence-corrected chi connectivity index (χ4v) is 6.12. The average molecular weight is 599 g/mol. The van der Waals surface area contributed by atoms with Crippen molar-refractivity contribution in [3.63, 3.8) is 0 Å². The lowest BCUT2D eigenvalue weighted by Crippen LogP contribution is -2.29. The first-order chi connectivity index (χ1) is 19.9. The molecular weight excluding hydrogens is 576 g/mol. The van der Waals surface area contributed by atoms with Crippen molar-refractivity contribution < 1.29 is 9.34 Å². The Bertz CT molecular complexity index is 1730. The van der Waals surface area contributed by atoms with Crippen LogP contribution in [0.15, 0.2) is 117 Å². The minimum absolute atomic E-state index is 0.0693. The summed E-state index contributed by atoms with van der Waals surface area (Å²) in [6.07, 6.45) is 1.77. The summed E-state index contributed by atoms with van der Waals surface area (Å²) >= 11 is 13.8. The minimum Gasteiger partial charge on any atom is -0.459 e. The lowest BCUT2D eigenvalue weighted by molar-refractivity contribution is -0.384. The normalized spacial score (nSPS) is 16.5. The zero-order chi connectivity index (χ0) is 28.5. The first-order valence-electron chi connectivity index (χ1n) is 12.8. The Kier molecular flexibility index (Phi) is 7.49. The predicted molar refractivity (Wildman–Crippen MR) is 165 cm³/mol. The Balaban J connectivity index is 1.32. The van der Waals surface area contributed by atoms with Crippen LogP contribution in [0.2, 0.25) is 5.02 Å². The standard InChI is InChI=1S/C31H23ClN4O3S2/c1-19-5-6-20(18-25(19)32)27-15-16-28(39-27)30-29(26-4-2-3-17-33-26)34-31(40)35(30)21-7-11-23(12-8-21)41-24-13-9-22(10-14-24)36(37)38/h2-18,29-30H,1H3,(H,34,40)/t29-,30-/m1/s1. The van der Waals surface area contributed by atoms with Gasteiger partial charge in [-0.3, -0.25) is 15.1 Å². The quantitative estimate of drug-likeness (QED) is 0.113. The molecular formula is C31H23ClN4O3S2. The minimum atomic E-state index is -0.400. The Morgan fingerprint density at radius 1 is 1.00 bits per heavy atom. The van der Waals surface area contributed by atoms with E-state index in [1.54, 1.807) is 18.3 Å². The van der Waals surface area contributed by atoms with Gasteiger partial charge in [-0.15, -0.1) is 0 Å². The maximum absolute atomic E-state index is 11.0. The van der Waals surface area contributed by atoms with Crippen LogP contribution in [-0.2, 0) is 0 Å². The third-order valence-corrected chi connectivity index (χ3v) is 8.61. The van der Waals surface area contributed by atoms with Gasteiger partial charge in [0.2, 0.25) is 0 Å². The topological polar surface area (TPSA) is 84.4 Å². The van der Waals surface area contributed by atoms with Crippen LogP contribution in [0.4, 0.5) is 11.4 Å². The van der Waals surface area contributed by atoms with Crippen LogP contribution in [0.25, 0.3) is 11.3 Å². The fourth-order valence-electron chi connectivity index (χ4n) is 4.78. The van der Waals surface area contributed by atoms with E-state index in [9.17, 15) is 10.1 Å². The maximum atomic E-state index is 11.0. The van der Waals surface area contributed by atoms with Gasteiger partial charge in [-0.1, -0.05) is 41.6 Å². The van der Waals surface area contributed by atoms with E-state index in [2.05, 4.69) is 15.2 Å². The van der Waals surface area contributed by atoms with Gasteiger partial charge >= 0.3 is 0 Å². The summed E-state index contributed by atoms with van der Waals surface area (Å²) in [6, 6.07) is 29.7. The average Bonchev–Trinajstić information content (AvgIpc) is 3.60. The van der Waals surface area contributed by atoms with Crippen molar-refractivity contribution in [2.24, 2.45) is 0 Å². The molecule has 1 fully saturated rings. The molecule has 3 heterocycles. The van der Waals surface area contributed by atoms with E-state index in [4.69, 9.17) is 28.2 Å². The largest absolute Gasteiger partial charge is 0.459 e. The molecule has 0 aliphatic carbocycles. The van der Waals surface area contributed by atoms with Gasteiger partial charge in [0.15, 0.2) is 5.11 Å². The Morgan fingerprint density at radius 3 is 2.39 bits per heavy atom. The maximum Gasteiger partial charge on any atom is 0.269 e. The van der Waals surface area contributed by atoms with Gasteiger partial charge in [0.05, 0.1) is 16.7 Å². The molecule has 2 aromatic heterocycles. The van der Waals surface area contributed by atoms with Gasteiger partial charge in [-0.25, -0.2) is 0 Å². The lowest BCUT2D eigenvalue weighted by Gasteiger charge is -2.26. The molecule has 5 aromatic rings. The third-order valence-electron chi connectivity index (χ3n) is 6.87. The van der Waals surface area contributed by atoms with E-state index in [1.165, 1.54) is 23.9 Å². The number of nitro benzene ring substituents is 1. The molecule has 204 valence electrons. The number of anilines is 1. The highest BCUT2D eigenvalue weighted by molar-refractivity contribution is 7.99.